The zero-order valence-corrected chi connectivity index (χ0v) is 18.4. The number of aliphatic hydroxyl groups excluding tert-OH is 1. The summed E-state index contributed by atoms with van der Waals surface area (Å²) in [5.74, 6) is 3.74. The third-order valence-electron chi connectivity index (χ3n) is 9.87. The Labute approximate surface area is 171 Å². The van der Waals surface area contributed by atoms with Crippen molar-refractivity contribution in [1.82, 2.24) is 0 Å². The molecular weight excluding hydrogens is 348 g/mol. The highest BCUT2D eigenvalue weighted by molar-refractivity contribution is 5.69. The summed E-state index contributed by atoms with van der Waals surface area (Å²) in [5.41, 5.74) is 2.34. The van der Waals surface area contributed by atoms with E-state index in [0.29, 0.717) is 23.2 Å². The number of methoxy groups -OCH3 is 1. The van der Waals surface area contributed by atoms with Crippen LogP contribution in [0.3, 0.4) is 0 Å². The Balaban J connectivity index is 1.51. The van der Waals surface area contributed by atoms with Gasteiger partial charge in [0.15, 0.2) is 0 Å². The van der Waals surface area contributed by atoms with Crippen LogP contribution < -0.4 is 0 Å². The Morgan fingerprint density at radius 1 is 1.21 bits per heavy atom. The highest BCUT2D eigenvalue weighted by Crippen LogP contribution is 2.67. The maximum absolute atomic E-state index is 11.6. The van der Waals surface area contributed by atoms with Gasteiger partial charge in [0.1, 0.15) is 0 Å². The van der Waals surface area contributed by atoms with Gasteiger partial charge in [-0.1, -0.05) is 32.4 Å². The third-order valence-corrected chi connectivity index (χ3v) is 9.87. The number of esters is 1. The van der Waals surface area contributed by atoms with E-state index in [0.717, 1.165) is 42.9 Å². The summed E-state index contributed by atoms with van der Waals surface area (Å²) in [6, 6.07) is 0. The molecule has 0 bridgehead atoms. The third kappa shape index (κ3) is 3.16. The number of carbonyl (C=O) groups is 1. The summed E-state index contributed by atoms with van der Waals surface area (Å²) >= 11 is 0. The molecule has 6 unspecified atom stereocenters. The zero-order valence-electron chi connectivity index (χ0n) is 18.4. The van der Waals surface area contributed by atoms with Gasteiger partial charge in [0, 0.05) is 6.42 Å². The smallest absolute Gasteiger partial charge is 0.305 e. The molecule has 0 spiro atoms. The lowest BCUT2D eigenvalue weighted by Gasteiger charge is -2.58. The molecule has 0 aromatic carbocycles. The number of aliphatic hydroxyl groups is 1. The molecule has 0 heterocycles. The molecular formula is C25H40O3. The first kappa shape index (κ1) is 20.4. The number of carbonyl (C=O) groups excluding carboxylic acids is 1. The van der Waals surface area contributed by atoms with Gasteiger partial charge in [0.2, 0.25) is 0 Å². The van der Waals surface area contributed by atoms with Crippen LogP contribution in [0.25, 0.3) is 0 Å². The van der Waals surface area contributed by atoms with Crippen LogP contribution in [-0.2, 0) is 9.53 Å². The Morgan fingerprint density at radius 3 is 2.75 bits per heavy atom. The number of ether oxygens (including phenoxy) is 1. The summed E-state index contributed by atoms with van der Waals surface area (Å²) in [4.78, 5) is 11.6. The van der Waals surface area contributed by atoms with Crippen molar-refractivity contribution in [3.05, 3.63) is 11.6 Å². The average Bonchev–Trinajstić information content (AvgIpc) is 3.03. The van der Waals surface area contributed by atoms with Gasteiger partial charge < -0.3 is 9.84 Å². The first-order valence-corrected chi connectivity index (χ1v) is 11.7. The standard InChI is InChI=1S/C25H40O3/c1-16(5-10-23(27)28-4)20-8-9-21-19-7-6-17-15-18(26)11-13-24(17,2)22(19)12-14-25(20,21)3/h6,16,18-22,26H,5,7-15H2,1-4H3/t16?,18?,19?,20?,21?,22?,24-,25+/m0/s1. The second kappa shape index (κ2) is 7.45. The lowest BCUT2D eigenvalue weighted by atomic mass is 9.47. The molecule has 0 saturated heterocycles. The fourth-order valence-electron chi connectivity index (χ4n) is 8.27. The maximum Gasteiger partial charge on any atom is 0.305 e. The van der Waals surface area contributed by atoms with E-state index in [2.05, 4.69) is 26.8 Å². The van der Waals surface area contributed by atoms with Crippen LogP contribution in [0.4, 0.5) is 0 Å². The van der Waals surface area contributed by atoms with Crippen molar-refractivity contribution in [2.24, 2.45) is 40.4 Å². The molecule has 0 aromatic heterocycles. The summed E-state index contributed by atoms with van der Waals surface area (Å²) < 4.78 is 4.87. The molecule has 4 aliphatic rings. The summed E-state index contributed by atoms with van der Waals surface area (Å²) in [6.45, 7) is 7.46. The Bertz CT molecular complexity index is 640. The zero-order chi connectivity index (χ0) is 20.1. The Hall–Kier alpha value is -0.830. The Morgan fingerprint density at radius 2 is 2.00 bits per heavy atom. The molecule has 0 aliphatic heterocycles. The van der Waals surface area contributed by atoms with Crippen LogP contribution in [0.5, 0.6) is 0 Å². The Kier molecular flexibility index (Phi) is 5.44. The molecule has 3 saturated carbocycles. The minimum Gasteiger partial charge on any atom is -0.469 e. The van der Waals surface area contributed by atoms with Crippen molar-refractivity contribution < 1.29 is 14.6 Å². The number of fused-ring (bicyclic) bond motifs is 5. The average molecular weight is 389 g/mol. The van der Waals surface area contributed by atoms with Crippen molar-refractivity contribution >= 4 is 5.97 Å². The van der Waals surface area contributed by atoms with Crippen molar-refractivity contribution in [2.75, 3.05) is 7.11 Å². The van der Waals surface area contributed by atoms with Crippen molar-refractivity contribution in [1.29, 1.82) is 0 Å². The number of allylic oxidation sites excluding steroid dienone is 1. The van der Waals surface area contributed by atoms with E-state index < -0.39 is 0 Å². The molecule has 0 aromatic rings. The van der Waals surface area contributed by atoms with Crippen LogP contribution in [0.15, 0.2) is 11.6 Å². The molecule has 1 N–H and O–H groups in total. The largest absolute Gasteiger partial charge is 0.469 e. The van der Waals surface area contributed by atoms with Crippen LogP contribution in [0, 0.1) is 40.4 Å². The van der Waals surface area contributed by atoms with Crippen LogP contribution in [0.2, 0.25) is 0 Å². The molecule has 8 atom stereocenters. The molecule has 4 aliphatic carbocycles. The molecule has 3 heteroatoms. The molecule has 158 valence electrons. The minimum absolute atomic E-state index is 0.0624. The fraction of sp³-hybridized carbons (Fsp3) is 0.880. The minimum atomic E-state index is -0.115. The van der Waals surface area contributed by atoms with Crippen LogP contribution in [-0.4, -0.2) is 24.3 Å². The van der Waals surface area contributed by atoms with Crippen LogP contribution in [0.1, 0.15) is 85.0 Å². The second-order valence-electron chi connectivity index (χ2n) is 11.0. The first-order chi connectivity index (χ1) is 13.3. The molecule has 0 amide bonds. The van der Waals surface area contributed by atoms with Crippen LogP contribution >= 0.6 is 0 Å². The van der Waals surface area contributed by atoms with E-state index in [1.54, 1.807) is 5.57 Å². The van der Waals surface area contributed by atoms with Crippen molar-refractivity contribution in [2.45, 2.75) is 91.1 Å². The molecule has 3 fully saturated rings. The summed E-state index contributed by atoms with van der Waals surface area (Å²) in [7, 11) is 1.50. The lowest BCUT2D eigenvalue weighted by molar-refractivity contribution is -0.141. The van der Waals surface area contributed by atoms with Gasteiger partial charge in [-0.25, -0.2) is 0 Å². The van der Waals surface area contributed by atoms with E-state index in [9.17, 15) is 9.90 Å². The highest BCUT2D eigenvalue weighted by atomic mass is 16.5. The van der Waals surface area contributed by atoms with Gasteiger partial charge in [0.05, 0.1) is 13.2 Å². The SMILES string of the molecule is COC(=O)CCC(C)C1CCC2C3CC=C4CC(O)CC[C@]4(C)C3CC[C@]12C. The molecule has 4 rings (SSSR count). The highest BCUT2D eigenvalue weighted by Gasteiger charge is 2.59. The normalized spacial score (nSPS) is 46.0. The van der Waals surface area contributed by atoms with E-state index >= 15 is 0 Å². The van der Waals surface area contributed by atoms with Crippen molar-refractivity contribution in [3.8, 4) is 0 Å². The van der Waals surface area contributed by atoms with E-state index in [1.807, 2.05) is 0 Å². The fourth-order valence-corrected chi connectivity index (χ4v) is 8.27. The second-order valence-corrected chi connectivity index (χ2v) is 11.0. The van der Waals surface area contributed by atoms with Gasteiger partial charge in [-0.3, -0.25) is 4.79 Å². The van der Waals surface area contributed by atoms with Gasteiger partial charge in [-0.05, 0) is 98.2 Å². The van der Waals surface area contributed by atoms with Gasteiger partial charge in [-0.15, -0.1) is 0 Å². The summed E-state index contributed by atoms with van der Waals surface area (Å²) in [6.07, 6.45) is 13.6. The molecule has 3 nitrogen and oxygen atoms in total. The van der Waals surface area contributed by atoms with E-state index in [-0.39, 0.29) is 12.1 Å². The predicted octanol–water partition coefficient (Wildman–Crippen LogP) is 5.52. The number of hydrogen-bond acceptors (Lipinski definition) is 3. The topological polar surface area (TPSA) is 46.5 Å². The summed E-state index contributed by atoms with van der Waals surface area (Å²) in [5, 5.41) is 10.2. The van der Waals surface area contributed by atoms with Gasteiger partial charge >= 0.3 is 5.97 Å². The first-order valence-electron chi connectivity index (χ1n) is 11.7. The number of rotatable bonds is 4. The predicted molar refractivity (Wildman–Crippen MR) is 112 cm³/mol. The molecule has 0 radical (unpaired) electrons. The monoisotopic (exact) mass is 388 g/mol. The lowest BCUT2D eigenvalue weighted by Crippen LogP contribution is -2.50. The van der Waals surface area contributed by atoms with E-state index in [1.165, 1.54) is 45.6 Å². The van der Waals surface area contributed by atoms with Crippen molar-refractivity contribution in [3.63, 3.8) is 0 Å². The van der Waals surface area contributed by atoms with E-state index in [4.69, 9.17) is 4.74 Å². The number of hydrogen-bond donors (Lipinski definition) is 1. The van der Waals surface area contributed by atoms with Gasteiger partial charge in [-0.2, -0.15) is 0 Å². The quantitative estimate of drug-likeness (QED) is 0.510. The van der Waals surface area contributed by atoms with Gasteiger partial charge in [0.25, 0.3) is 0 Å². The maximum atomic E-state index is 11.6. The molecule has 28 heavy (non-hydrogen) atoms.